The predicted molar refractivity (Wildman–Crippen MR) is 177 cm³/mol. The minimum atomic E-state index is -1.05. The first-order valence-electron chi connectivity index (χ1n) is 14.4. The highest BCUT2D eigenvalue weighted by molar-refractivity contribution is 6.31. The van der Waals surface area contributed by atoms with Gasteiger partial charge in [-0.2, -0.15) is 5.26 Å². The van der Waals surface area contributed by atoms with E-state index in [1.807, 2.05) is 0 Å². The lowest BCUT2D eigenvalue weighted by atomic mass is 9.91. The Morgan fingerprint density at radius 3 is 1.68 bits per heavy atom. The van der Waals surface area contributed by atoms with Crippen molar-refractivity contribution in [2.24, 2.45) is 0 Å². The van der Waals surface area contributed by atoms with Crippen LogP contribution in [-0.4, -0.2) is 47.4 Å². The zero-order valence-corrected chi connectivity index (χ0v) is 26.2. The fraction of sp³-hybridized carbons (Fsp3) is 0.171. The van der Waals surface area contributed by atoms with Crippen LogP contribution in [0, 0.1) is 11.3 Å². The second-order valence-corrected chi connectivity index (χ2v) is 10.8. The highest BCUT2D eigenvalue weighted by atomic mass is 35.5. The van der Waals surface area contributed by atoms with E-state index in [2.05, 4.69) is 16.7 Å². The van der Waals surface area contributed by atoms with Gasteiger partial charge in [0.25, 0.3) is 0 Å². The summed E-state index contributed by atoms with van der Waals surface area (Å²) >= 11 is 6.30. The van der Waals surface area contributed by atoms with Crippen LogP contribution < -0.4 is 20.1 Å². The number of fused-ring (bicyclic) bond motifs is 2. The Bertz CT molecular complexity index is 1990. The van der Waals surface area contributed by atoms with Gasteiger partial charge < -0.3 is 30.3 Å². The van der Waals surface area contributed by atoms with Gasteiger partial charge in [0.15, 0.2) is 0 Å². The largest absolute Gasteiger partial charge is 0.478 e. The third-order valence-electron chi connectivity index (χ3n) is 7.11. The van der Waals surface area contributed by atoms with Crippen LogP contribution in [0.15, 0.2) is 84.0 Å². The summed E-state index contributed by atoms with van der Waals surface area (Å²) in [6.07, 6.45) is 1.90. The molecule has 0 saturated heterocycles. The van der Waals surface area contributed by atoms with Gasteiger partial charge >= 0.3 is 24.1 Å². The molecule has 2 amide bonds. The number of amides is 2. The number of nitriles is 1. The summed E-state index contributed by atoms with van der Waals surface area (Å²) in [6, 6.07) is 18.9. The van der Waals surface area contributed by atoms with Crippen LogP contribution in [0.1, 0.15) is 32.3 Å². The van der Waals surface area contributed by atoms with E-state index in [0.717, 1.165) is 0 Å². The van der Waals surface area contributed by atoms with Gasteiger partial charge in [0.05, 0.1) is 11.6 Å². The summed E-state index contributed by atoms with van der Waals surface area (Å²) in [4.78, 5) is 48.0. The number of carboxylic acids is 2. The van der Waals surface area contributed by atoms with Gasteiger partial charge in [0.2, 0.25) is 0 Å². The molecule has 0 aliphatic heterocycles. The predicted octanol–water partition coefficient (Wildman–Crippen LogP) is 7.20. The Labute approximate surface area is 274 Å². The van der Waals surface area contributed by atoms with Crippen molar-refractivity contribution in [2.75, 3.05) is 13.1 Å². The lowest BCUT2D eigenvalue weighted by Gasteiger charge is -2.19. The first kappa shape index (κ1) is 34.0. The molecular weight excluding hydrogens is 626 g/mol. The number of aliphatic carboxylic acids is 2. The number of rotatable bonds is 11. The number of nitrogens with zero attached hydrogens (tertiary/aromatic N) is 1. The Kier molecular flexibility index (Phi) is 11.2. The monoisotopic (exact) mass is 655 g/mol. The Morgan fingerprint density at radius 2 is 1.21 bits per heavy atom. The van der Waals surface area contributed by atoms with E-state index in [9.17, 15) is 24.4 Å². The van der Waals surface area contributed by atoms with Gasteiger partial charge in [-0.25, -0.2) is 19.2 Å². The lowest BCUT2D eigenvalue weighted by Crippen LogP contribution is -2.28. The third-order valence-corrected chi connectivity index (χ3v) is 7.35. The van der Waals surface area contributed by atoms with Crippen LogP contribution in [0.5, 0.6) is 11.5 Å². The number of carbonyl (C=O) groups excluding carboxylic acids is 2. The molecule has 0 saturated carbocycles. The van der Waals surface area contributed by atoms with Crippen molar-refractivity contribution in [3.63, 3.8) is 0 Å². The molecule has 0 unspecified atom stereocenters. The molecule has 0 spiro atoms. The normalized spacial score (nSPS) is 11.5. The van der Waals surface area contributed by atoms with Gasteiger partial charge in [-0.15, -0.1) is 0 Å². The quantitative estimate of drug-likeness (QED) is 0.0961. The average Bonchev–Trinajstić information content (AvgIpc) is 3.04. The van der Waals surface area contributed by atoms with Crippen LogP contribution in [0.4, 0.5) is 9.59 Å². The summed E-state index contributed by atoms with van der Waals surface area (Å²) in [5.41, 5.74) is 1.52. The highest BCUT2D eigenvalue weighted by Gasteiger charge is 2.22. The second kappa shape index (κ2) is 15.4. The number of hydrogen-bond acceptors (Lipinski definition) is 7. The van der Waals surface area contributed by atoms with Crippen molar-refractivity contribution in [2.45, 2.75) is 26.7 Å². The van der Waals surface area contributed by atoms with Gasteiger partial charge in [0, 0.05) is 40.4 Å². The summed E-state index contributed by atoms with van der Waals surface area (Å²) in [5, 5.41) is 35.9. The smallest absolute Gasteiger partial charge is 0.412 e. The van der Waals surface area contributed by atoms with Crippen molar-refractivity contribution in [1.82, 2.24) is 10.6 Å². The lowest BCUT2D eigenvalue weighted by molar-refractivity contribution is -0.133. The number of halogens is 1. The SMILES string of the molecule is C/C(=C\CCNC(=O)Oc1ccc2cc(Cl)ccc2c1-c1c(OC(=O)NCC/C=C(\C)C(=O)O)ccc2cc(C#N)ccc12)C(=O)O. The topological polar surface area (TPSA) is 175 Å². The van der Waals surface area contributed by atoms with Crippen molar-refractivity contribution in [1.29, 1.82) is 5.26 Å². The fourth-order valence-electron chi connectivity index (χ4n) is 4.72. The van der Waals surface area contributed by atoms with Gasteiger partial charge in [-0.3, -0.25) is 0 Å². The third kappa shape index (κ3) is 8.65. The molecule has 0 aliphatic carbocycles. The molecule has 0 atom stereocenters. The molecule has 4 aromatic rings. The molecule has 4 aromatic carbocycles. The Morgan fingerprint density at radius 1 is 0.745 bits per heavy atom. The van der Waals surface area contributed by atoms with E-state index in [1.54, 1.807) is 60.7 Å². The van der Waals surface area contributed by atoms with E-state index < -0.39 is 24.1 Å². The number of ether oxygens (including phenoxy) is 2. The maximum Gasteiger partial charge on any atom is 0.412 e. The van der Waals surface area contributed by atoms with Crippen LogP contribution in [0.3, 0.4) is 0 Å². The molecule has 11 nitrogen and oxygen atoms in total. The molecule has 0 radical (unpaired) electrons. The van der Waals surface area contributed by atoms with Gasteiger partial charge in [0.1, 0.15) is 11.5 Å². The Balaban J connectivity index is 1.78. The summed E-state index contributed by atoms with van der Waals surface area (Å²) in [7, 11) is 0. The first-order valence-corrected chi connectivity index (χ1v) is 14.8. The van der Waals surface area contributed by atoms with E-state index in [1.165, 1.54) is 26.0 Å². The standard InChI is InChI=1S/C35H30ClN3O8/c1-20(32(40)41)5-3-15-38-34(44)46-28-13-8-23-17-22(19-37)7-11-26(23)30(28)31-27-12-10-25(36)18-24(27)9-14-29(31)47-35(45)39-16-4-6-21(2)33(42)43/h5-14,17-18H,3-4,15-16H2,1-2H3,(H,38,44)(H,39,45)(H,40,41)(H,42,43)/b20-5+,21-6+. The second-order valence-electron chi connectivity index (χ2n) is 10.4. The highest BCUT2D eigenvalue weighted by Crippen LogP contribution is 2.46. The fourth-order valence-corrected chi connectivity index (χ4v) is 4.90. The van der Waals surface area contributed by atoms with Crippen LogP contribution in [0.2, 0.25) is 5.02 Å². The van der Waals surface area contributed by atoms with E-state index in [-0.39, 0.29) is 48.6 Å². The van der Waals surface area contributed by atoms with Crippen LogP contribution >= 0.6 is 11.6 Å². The molecule has 47 heavy (non-hydrogen) atoms. The molecule has 0 aromatic heterocycles. The van der Waals surface area contributed by atoms with E-state index in [4.69, 9.17) is 31.3 Å². The van der Waals surface area contributed by atoms with E-state index in [0.29, 0.717) is 43.3 Å². The average molecular weight is 656 g/mol. The number of hydrogen-bond donors (Lipinski definition) is 4. The van der Waals surface area contributed by atoms with Gasteiger partial charge in [-0.05, 0) is 84.6 Å². The molecular formula is C35H30ClN3O8. The van der Waals surface area contributed by atoms with E-state index >= 15 is 0 Å². The molecule has 0 fully saturated rings. The zero-order valence-electron chi connectivity index (χ0n) is 25.4. The van der Waals surface area contributed by atoms with Crippen LogP contribution in [-0.2, 0) is 9.59 Å². The van der Waals surface area contributed by atoms with Gasteiger partial charge in [-0.1, -0.05) is 48.0 Å². The first-order chi connectivity index (χ1) is 22.5. The summed E-state index contributed by atoms with van der Waals surface area (Å²) in [6.45, 7) is 3.13. The minimum absolute atomic E-state index is 0.111. The number of carbonyl (C=O) groups is 4. The number of nitrogens with one attached hydrogen (secondary N) is 2. The molecule has 12 heteroatoms. The molecule has 0 aliphatic rings. The van der Waals surface area contributed by atoms with Crippen LogP contribution in [0.25, 0.3) is 32.7 Å². The van der Waals surface area contributed by atoms with Crippen molar-refractivity contribution in [3.05, 3.63) is 94.5 Å². The maximum absolute atomic E-state index is 13.0. The number of benzene rings is 4. The maximum atomic E-state index is 13.0. The Hall–Kier alpha value is -5.86. The minimum Gasteiger partial charge on any atom is -0.478 e. The summed E-state index contributed by atoms with van der Waals surface area (Å²) in [5.74, 6) is -1.85. The molecule has 0 bridgehead atoms. The molecule has 0 heterocycles. The molecule has 240 valence electrons. The number of carboxylic acid groups (broad SMARTS) is 2. The van der Waals surface area contributed by atoms with Crippen molar-refractivity contribution in [3.8, 4) is 28.7 Å². The zero-order chi connectivity index (χ0) is 34.1. The van der Waals surface area contributed by atoms with Crippen molar-refractivity contribution < 1.29 is 38.9 Å². The van der Waals surface area contributed by atoms with Crippen molar-refractivity contribution >= 4 is 57.3 Å². The molecule has 4 N–H and O–H groups in total. The molecule has 4 rings (SSSR count). The summed E-state index contributed by atoms with van der Waals surface area (Å²) < 4.78 is 11.6.